The summed E-state index contributed by atoms with van der Waals surface area (Å²) in [5.41, 5.74) is 0.331. The van der Waals surface area contributed by atoms with Gasteiger partial charge in [0.15, 0.2) is 0 Å². The average Bonchev–Trinajstić information content (AvgIpc) is 1.90. The van der Waals surface area contributed by atoms with E-state index in [2.05, 4.69) is 0 Å². The smallest absolute Gasteiger partial charge is 1.00 e. The molecule has 0 saturated heterocycles. The van der Waals surface area contributed by atoms with Crippen molar-refractivity contribution in [1.82, 2.24) is 0 Å². The van der Waals surface area contributed by atoms with Crippen LogP contribution in [0.15, 0.2) is 30.3 Å². The zero-order valence-corrected chi connectivity index (χ0v) is 8.15. The van der Waals surface area contributed by atoms with Crippen LogP contribution in [0, 0.1) is 0 Å². The summed E-state index contributed by atoms with van der Waals surface area (Å²) in [4.78, 5) is 10.2. The standard InChI is InChI=1S/C7H6O2.FH.Na.H/c8-7(9)6-4-2-1-3-5-6;;;/h1-5H,(H,8,9);1H;;/q;;+1;-1. The first-order valence-electron chi connectivity index (χ1n) is 2.59. The second-order valence-corrected chi connectivity index (χ2v) is 1.67. The van der Waals surface area contributed by atoms with E-state index in [-0.39, 0.29) is 35.7 Å². The molecule has 1 rings (SSSR count). The van der Waals surface area contributed by atoms with E-state index in [0.717, 1.165) is 0 Å². The zero-order valence-electron chi connectivity index (χ0n) is 7.15. The Hall–Kier alpha value is -0.380. The van der Waals surface area contributed by atoms with E-state index < -0.39 is 5.97 Å². The van der Waals surface area contributed by atoms with Gasteiger partial charge in [-0.1, -0.05) is 18.2 Å². The maximum Gasteiger partial charge on any atom is 1.00 e. The van der Waals surface area contributed by atoms with E-state index in [1.807, 2.05) is 0 Å². The Balaban J connectivity index is -0.000000270. The molecule has 0 fully saturated rings. The van der Waals surface area contributed by atoms with Crippen molar-refractivity contribution in [1.29, 1.82) is 0 Å². The Labute approximate surface area is 87.4 Å². The number of halogens is 1. The number of rotatable bonds is 1. The third-order valence-electron chi connectivity index (χ3n) is 1.02. The molecule has 0 atom stereocenters. The van der Waals surface area contributed by atoms with Crippen molar-refractivity contribution in [3.05, 3.63) is 35.9 Å². The fourth-order valence-electron chi connectivity index (χ4n) is 0.581. The Morgan fingerprint density at radius 3 is 2.00 bits per heavy atom. The van der Waals surface area contributed by atoms with Crippen LogP contribution in [0.5, 0.6) is 0 Å². The molecule has 0 aliphatic rings. The normalized spacial score (nSPS) is 7.27. The van der Waals surface area contributed by atoms with Crippen molar-refractivity contribution in [3.8, 4) is 0 Å². The first-order valence-corrected chi connectivity index (χ1v) is 2.59. The summed E-state index contributed by atoms with van der Waals surface area (Å²) < 4.78 is 0. The largest absolute Gasteiger partial charge is 1.00 e. The molecule has 0 heterocycles. The molecular formula is C7H8FNaO2. The van der Waals surface area contributed by atoms with Crippen LogP contribution in [0.25, 0.3) is 0 Å². The second kappa shape index (κ2) is 6.34. The van der Waals surface area contributed by atoms with Gasteiger partial charge in [-0.3, -0.25) is 4.70 Å². The third-order valence-corrected chi connectivity index (χ3v) is 1.02. The topological polar surface area (TPSA) is 37.3 Å². The number of benzene rings is 1. The number of aromatic carboxylic acids is 1. The van der Waals surface area contributed by atoms with Crippen molar-refractivity contribution in [2.75, 3.05) is 0 Å². The van der Waals surface area contributed by atoms with Crippen molar-refractivity contribution >= 4 is 5.97 Å². The minimum Gasteiger partial charge on any atom is -1.00 e. The zero-order chi connectivity index (χ0) is 6.69. The van der Waals surface area contributed by atoms with Gasteiger partial charge in [-0.2, -0.15) is 0 Å². The number of carboxylic acid groups (broad SMARTS) is 1. The molecule has 0 spiro atoms. The molecule has 1 aromatic rings. The second-order valence-electron chi connectivity index (χ2n) is 1.67. The van der Waals surface area contributed by atoms with Crippen molar-refractivity contribution in [2.45, 2.75) is 0 Å². The average molecular weight is 166 g/mol. The molecule has 0 unspecified atom stereocenters. The van der Waals surface area contributed by atoms with Gasteiger partial charge >= 0.3 is 35.5 Å². The van der Waals surface area contributed by atoms with Crippen molar-refractivity contribution in [2.24, 2.45) is 0 Å². The van der Waals surface area contributed by atoms with Gasteiger partial charge in [0, 0.05) is 0 Å². The molecule has 0 amide bonds. The van der Waals surface area contributed by atoms with E-state index in [0.29, 0.717) is 5.56 Å². The Kier molecular flexibility index (Phi) is 7.62. The predicted molar refractivity (Wildman–Crippen MR) is 37.0 cm³/mol. The molecule has 1 aromatic carbocycles. The minimum absolute atomic E-state index is 0. The van der Waals surface area contributed by atoms with E-state index in [9.17, 15) is 4.79 Å². The number of carbonyl (C=O) groups is 1. The van der Waals surface area contributed by atoms with Gasteiger partial charge in [0.25, 0.3) is 0 Å². The van der Waals surface area contributed by atoms with Crippen LogP contribution in [0.4, 0.5) is 4.70 Å². The summed E-state index contributed by atoms with van der Waals surface area (Å²) in [7, 11) is 0. The molecule has 0 radical (unpaired) electrons. The molecular weight excluding hydrogens is 158 g/mol. The van der Waals surface area contributed by atoms with Gasteiger partial charge in [0.2, 0.25) is 0 Å². The fourth-order valence-corrected chi connectivity index (χ4v) is 0.581. The summed E-state index contributed by atoms with van der Waals surface area (Å²) in [5.74, 6) is -0.879. The molecule has 1 N–H and O–H groups in total. The molecule has 0 aliphatic heterocycles. The SMILES string of the molecule is F.O=C(O)c1ccccc1.[H-].[Na+]. The van der Waals surface area contributed by atoms with Gasteiger partial charge in [-0.25, -0.2) is 4.79 Å². The van der Waals surface area contributed by atoms with Crippen LogP contribution in [0.2, 0.25) is 0 Å². The maximum atomic E-state index is 10.2. The van der Waals surface area contributed by atoms with Crippen LogP contribution >= 0.6 is 0 Å². The number of hydrogen-bond donors (Lipinski definition) is 1. The predicted octanol–water partition coefficient (Wildman–Crippen LogP) is -1.35. The van der Waals surface area contributed by atoms with Crippen molar-refractivity contribution < 1.29 is 45.6 Å². The summed E-state index contributed by atoms with van der Waals surface area (Å²) >= 11 is 0. The van der Waals surface area contributed by atoms with Gasteiger partial charge in [-0.05, 0) is 12.1 Å². The van der Waals surface area contributed by atoms with Crippen LogP contribution in [-0.4, -0.2) is 11.1 Å². The number of hydrogen-bond acceptors (Lipinski definition) is 1. The van der Waals surface area contributed by atoms with Gasteiger partial charge in [0.05, 0.1) is 5.56 Å². The van der Waals surface area contributed by atoms with Crippen molar-refractivity contribution in [3.63, 3.8) is 0 Å². The third kappa shape index (κ3) is 4.14. The molecule has 11 heavy (non-hydrogen) atoms. The van der Waals surface area contributed by atoms with Gasteiger partial charge in [-0.15, -0.1) is 0 Å². The molecule has 4 heteroatoms. The fraction of sp³-hybridized carbons (Fsp3) is 0. The molecule has 0 bridgehead atoms. The molecule has 0 saturated carbocycles. The Morgan fingerprint density at radius 2 is 1.73 bits per heavy atom. The monoisotopic (exact) mass is 166 g/mol. The van der Waals surface area contributed by atoms with Gasteiger partial charge in [0.1, 0.15) is 0 Å². The summed E-state index contributed by atoms with van der Waals surface area (Å²) in [6, 6.07) is 8.30. The molecule has 56 valence electrons. The van der Waals surface area contributed by atoms with Crippen LogP contribution in [0.3, 0.4) is 0 Å². The molecule has 0 aliphatic carbocycles. The Morgan fingerprint density at radius 1 is 1.27 bits per heavy atom. The summed E-state index contributed by atoms with van der Waals surface area (Å²) in [5, 5.41) is 8.38. The van der Waals surface area contributed by atoms with Gasteiger partial charge < -0.3 is 6.53 Å². The quantitative estimate of drug-likeness (QED) is 0.524. The first-order chi connectivity index (χ1) is 4.30. The number of carboxylic acids is 1. The summed E-state index contributed by atoms with van der Waals surface area (Å²) in [6.07, 6.45) is 0. The van der Waals surface area contributed by atoms with E-state index in [1.54, 1.807) is 30.3 Å². The van der Waals surface area contributed by atoms with Crippen LogP contribution in [0.1, 0.15) is 11.8 Å². The van der Waals surface area contributed by atoms with Crippen LogP contribution < -0.4 is 29.6 Å². The van der Waals surface area contributed by atoms with E-state index >= 15 is 0 Å². The first kappa shape index (κ1) is 13.2. The molecule has 0 aromatic heterocycles. The molecule has 2 nitrogen and oxygen atoms in total. The maximum absolute atomic E-state index is 10.2. The van der Waals surface area contributed by atoms with Crippen LogP contribution in [-0.2, 0) is 0 Å². The van der Waals surface area contributed by atoms with E-state index in [1.165, 1.54) is 0 Å². The minimum atomic E-state index is -0.879. The van der Waals surface area contributed by atoms with E-state index in [4.69, 9.17) is 5.11 Å². The summed E-state index contributed by atoms with van der Waals surface area (Å²) in [6.45, 7) is 0. The Bertz CT molecular complexity index is 218.